The molecule has 104 valence electrons. The lowest BCUT2D eigenvalue weighted by Gasteiger charge is -2.35. The second-order valence-electron chi connectivity index (χ2n) is 5.60. The average Bonchev–Trinajstić information content (AvgIpc) is 2.38. The van der Waals surface area contributed by atoms with Crippen molar-refractivity contribution in [3.63, 3.8) is 0 Å². The zero-order valence-corrected chi connectivity index (χ0v) is 12.3. The summed E-state index contributed by atoms with van der Waals surface area (Å²) in [7, 11) is 0. The Hall–Kier alpha value is -1.16. The van der Waals surface area contributed by atoms with Gasteiger partial charge < -0.3 is 10.6 Å². The molecule has 0 aromatic heterocycles. The molecule has 0 radical (unpaired) electrons. The Labute approximate surface area is 119 Å². The number of benzene rings is 1. The summed E-state index contributed by atoms with van der Waals surface area (Å²) >= 11 is 4.86. The zero-order chi connectivity index (χ0) is 14.0. The van der Waals surface area contributed by atoms with Crippen molar-refractivity contribution < 1.29 is 4.39 Å². The summed E-state index contributed by atoms with van der Waals surface area (Å²) in [5.41, 5.74) is 6.77. The van der Waals surface area contributed by atoms with E-state index in [9.17, 15) is 4.39 Å². The van der Waals surface area contributed by atoms with Crippen LogP contribution in [0.5, 0.6) is 0 Å². The lowest BCUT2D eigenvalue weighted by atomic mass is 9.86. The number of anilines is 1. The maximum absolute atomic E-state index is 14.1. The molecule has 2 nitrogen and oxygen atoms in total. The van der Waals surface area contributed by atoms with E-state index >= 15 is 0 Å². The lowest BCUT2D eigenvalue weighted by Crippen LogP contribution is -2.35. The minimum atomic E-state index is -0.228. The highest BCUT2D eigenvalue weighted by atomic mass is 32.1. The van der Waals surface area contributed by atoms with E-state index in [-0.39, 0.29) is 10.8 Å². The van der Waals surface area contributed by atoms with Crippen LogP contribution in [0.3, 0.4) is 0 Å². The van der Waals surface area contributed by atoms with Gasteiger partial charge in [0.05, 0.1) is 5.69 Å². The first-order valence-electron chi connectivity index (χ1n) is 6.83. The van der Waals surface area contributed by atoms with Crippen LogP contribution in [0.1, 0.15) is 32.3 Å². The molecule has 2 N–H and O–H groups in total. The summed E-state index contributed by atoms with van der Waals surface area (Å²) in [5.74, 6) is 1.24. The van der Waals surface area contributed by atoms with Crippen molar-refractivity contribution >= 4 is 22.9 Å². The molecule has 0 amide bonds. The monoisotopic (exact) mass is 280 g/mol. The Morgan fingerprint density at radius 2 is 2.00 bits per heavy atom. The van der Waals surface area contributed by atoms with Crippen LogP contribution in [0, 0.1) is 17.7 Å². The zero-order valence-electron chi connectivity index (χ0n) is 11.5. The van der Waals surface area contributed by atoms with Gasteiger partial charge in [0, 0.05) is 18.7 Å². The molecular weight excluding hydrogens is 259 g/mol. The molecule has 1 saturated heterocycles. The van der Waals surface area contributed by atoms with Crippen LogP contribution in [-0.2, 0) is 0 Å². The van der Waals surface area contributed by atoms with Gasteiger partial charge in [0.25, 0.3) is 0 Å². The van der Waals surface area contributed by atoms with Crippen molar-refractivity contribution in [1.29, 1.82) is 0 Å². The van der Waals surface area contributed by atoms with Gasteiger partial charge in [-0.3, -0.25) is 0 Å². The maximum atomic E-state index is 14.1. The minimum Gasteiger partial charge on any atom is -0.389 e. The molecule has 0 saturated carbocycles. The smallest absolute Gasteiger partial charge is 0.147 e. The first-order valence-corrected chi connectivity index (χ1v) is 7.24. The molecule has 1 aliphatic heterocycles. The van der Waals surface area contributed by atoms with Gasteiger partial charge in [0.15, 0.2) is 0 Å². The molecule has 1 aromatic carbocycles. The third kappa shape index (κ3) is 3.24. The number of nitrogens with zero attached hydrogens (tertiary/aromatic N) is 1. The topological polar surface area (TPSA) is 29.3 Å². The van der Waals surface area contributed by atoms with Crippen molar-refractivity contribution in [2.24, 2.45) is 17.6 Å². The highest BCUT2D eigenvalue weighted by Crippen LogP contribution is 2.29. The summed E-state index contributed by atoms with van der Waals surface area (Å²) in [6.07, 6.45) is 2.27. The molecule has 0 unspecified atom stereocenters. The summed E-state index contributed by atoms with van der Waals surface area (Å²) in [6, 6.07) is 5.03. The van der Waals surface area contributed by atoms with Crippen molar-refractivity contribution in [2.45, 2.75) is 26.7 Å². The third-order valence-electron chi connectivity index (χ3n) is 4.06. The molecule has 1 fully saturated rings. The molecule has 0 bridgehead atoms. The Balaban J connectivity index is 2.09. The Morgan fingerprint density at radius 3 is 2.47 bits per heavy atom. The Kier molecular flexibility index (Phi) is 4.40. The van der Waals surface area contributed by atoms with Crippen LogP contribution in [-0.4, -0.2) is 18.1 Å². The maximum Gasteiger partial charge on any atom is 0.147 e. The SMILES string of the molecule is CC(C)C1CCN(c2ccc(C(N)=S)cc2F)CC1. The van der Waals surface area contributed by atoms with E-state index in [0.717, 1.165) is 31.8 Å². The van der Waals surface area contributed by atoms with E-state index < -0.39 is 0 Å². The second kappa shape index (κ2) is 5.87. The van der Waals surface area contributed by atoms with Crippen LogP contribution in [0.2, 0.25) is 0 Å². The van der Waals surface area contributed by atoms with Gasteiger partial charge in [-0.1, -0.05) is 26.1 Å². The van der Waals surface area contributed by atoms with Crippen LogP contribution < -0.4 is 10.6 Å². The van der Waals surface area contributed by atoms with Crippen molar-refractivity contribution in [1.82, 2.24) is 0 Å². The van der Waals surface area contributed by atoms with Crippen LogP contribution in [0.25, 0.3) is 0 Å². The minimum absolute atomic E-state index is 0.228. The third-order valence-corrected chi connectivity index (χ3v) is 4.29. The number of halogens is 1. The van der Waals surface area contributed by atoms with Gasteiger partial charge >= 0.3 is 0 Å². The summed E-state index contributed by atoms with van der Waals surface area (Å²) < 4.78 is 14.1. The Morgan fingerprint density at radius 1 is 1.37 bits per heavy atom. The fourth-order valence-electron chi connectivity index (χ4n) is 2.72. The number of nitrogens with two attached hydrogens (primary N) is 1. The molecule has 0 atom stereocenters. The quantitative estimate of drug-likeness (QED) is 0.861. The van der Waals surface area contributed by atoms with Crippen molar-refractivity contribution in [3.8, 4) is 0 Å². The summed E-state index contributed by atoms with van der Waals surface area (Å²) in [4.78, 5) is 2.36. The molecule has 4 heteroatoms. The van der Waals surface area contributed by atoms with E-state index in [1.165, 1.54) is 6.07 Å². The lowest BCUT2D eigenvalue weighted by molar-refractivity contribution is 0.310. The predicted molar refractivity (Wildman–Crippen MR) is 82.1 cm³/mol. The predicted octanol–water partition coefficient (Wildman–Crippen LogP) is 3.33. The van der Waals surface area contributed by atoms with Gasteiger partial charge in [0.2, 0.25) is 0 Å². The standard InChI is InChI=1S/C15H21FN2S/c1-10(2)11-5-7-18(8-6-11)14-4-3-12(15(17)19)9-13(14)16/h3-4,9-11H,5-8H2,1-2H3,(H2,17,19). The van der Waals surface area contributed by atoms with Gasteiger partial charge in [-0.25, -0.2) is 4.39 Å². The second-order valence-corrected chi connectivity index (χ2v) is 6.04. The number of piperidine rings is 1. The van der Waals surface area contributed by atoms with Crippen molar-refractivity contribution in [2.75, 3.05) is 18.0 Å². The summed E-state index contributed by atoms with van der Waals surface area (Å²) in [5, 5.41) is 0. The van der Waals surface area contributed by atoms with Crippen LogP contribution in [0.15, 0.2) is 18.2 Å². The molecule has 1 aromatic rings. The first-order chi connectivity index (χ1) is 8.99. The molecule has 19 heavy (non-hydrogen) atoms. The molecule has 0 spiro atoms. The normalized spacial score (nSPS) is 16.9. The van der Waals surface area contributed by atoms with E-state index in [0.29, 0.717) is 17.2 Å². The van der Waals surface area contributed by atoms with E-state index in [4.69, 9.17) is 18.0 Å². The highest BCUT2D eigenvalue weighted by molar-refractivity contribution is 7.80. The molecule has 1 heterocycles. The molecular formula is C15H21FN2S. The van der Waals surface area contributed by atoms with E-state index in [2.05, 4.69) is 18.7 Å². The number of hydrogen-bond acceptors (Lipinski definition) is 2. The van der Waals surface area contributed by atoms with E-state index in [1.807, 2.05) is 0 Å². The average molecular weight is 280 g/mol. The fraction of sp³-hybridized carbons (Fsp3) is 0.533. The number of thiocarbonyl (C=S) groups is 1. The number of rotatable bonds is 3. The highest BCUT2D eigenvalue weighted by Gasteiger charge is 2.23. The van der Waals surface area contributed by atoms with Crippen molar-refractivity contribution in [3.05, 3.63) is 29.6 Å². The van der Waals surface area contributed by atoms with Gasteiger partial charge in [0.1, 0.15) is 10.8 Å². The summed E-state index contributed by atoms with van der Waals surface area (Å²) in [6.45, 7) is 6.37. The molecule has 0 aliphatic carbocycles. The largest absolute Gasteiger partial charge is 0.389 e. The molecule has 2 rings (SSSR count). The van der Waals surface area contributed by atoms with Gasteiger partial charge in [-0.2, -0.15) is 0 Å². The van der Waals surface area contributed by atoms with Crippen LogP contribution in [0.4, 0.5) is 10.1 Å². The van der Waals surface area contributed by atoms with E-state index in [1.54, 1.807) is 12.1 Å². The van der Waals surface area contributed by atoms with Gasteiger partial charge in [-0.05, 0) is 42.9 Å². The first kappa shape index (κ1) is 14.3. The van der Waals surface area contributed by atoms with Crippen LogP contribution >= 0.6 is 12.2 Å². The Bertz CT molecular complexity index is 465. The number of hydrogen-bond donors (Lipinski definition) is 1. The molecule has 1 aliphatic rings. The fourth-order valence-corrected chi connectivity index (χ4v) is 2.85. The van der Waals surface area contributed by atoms with Gasteiger partial charge in [-0.15, -0.1) is 0 Å².